The second-order valence-electron chi connectivity index (χ2n) is 5.65. The minimum absolute atomic E-state index is 0.00330. The lowest BCUT2D eigenvalue weighted by Crippen LogP contribution is -2.70. The summed E-state index contributed by atoms with van der Waals surface area (Å²) in [6, 6.07) is 0.966. The third kappa shape index (κ3) is 2.82. The van der Waals surface area contributed by atoms with Crippen molar-refractivity contribution in [3.8, 4) is 0 Å². The summed E-state index contributed by atoms with van der Waals surface area (Å²) in [7, 11) is 2.85. The van der Waals surface area contributed by atoms with Crippen LogP contribution in [0.15, 0.2) is 0 Å². The maximum Gasteiger partial charge on any atom is 0.373 e. The first kappa shape index (κ1) is 16.4. The SMILES string of the molecule is CCC(OCC1CO1)C1(OC)CCCC[Si]1(OC)OC. The lowest BCUT2D eigenvalue weighted by Gasteiger charge is -2.51. The molecule has 0 saturated carbocycles. The van der Waals surface area contributed by atoms with Gasteiger partial charge in [-0.05, 0) is 18.9 Å². The van der Waals surface area contributed by atoms with Crippen molar-refractivity contribution < 1.29 is 23.1 Å². The van der Waals surface area contributed by atoms with Gasteiger partial charge in [0, 0.05) is 21.3 Å². The van der Waals surface area contributed by atoms with Gasteiger partial charge in [0.2, 0.25) is 0 Å². The van der Waals surface area contributed by atoms with Crippen LogP contribution in [0.25, 0.3) is 0 Å². The van der Waals surface area contributed by atoms with Gasteiger partial charge in [0.05, 0.1) is 19.3 Å². The molecule has 0 amide bonds. The Morgan fingerprint density at radius 1 is 1.25 bits per heavy atom. The van der Waals surface area contributed by atoms with Gasteiger partial charge in [-0.3, -0.25) is 0 Å². The molecule has 118 valence electrons. The van der Waals surface area contributed by atoms with Gasteiger partial charge in [-0.1, -0.05) is 19.8 Å². The highest BCUT2D eigenvalue weighted by molar-refractivity contribution is 6.71. The summed E-state index contributed by atoms with van der Waals surface area (Å²) in [5.41, 5.74) is 0. The van der Waals surface area contributed by atoms with Crippen LogP contribution in [0.1, 0.15) is 32.6 Å². The van der Waals surface area contributed by atoms with Gasteiger partial charge in [0.1, 0.15) is 11.3 Å². The zero-order valence-corrected chi connectivity index (χ0v) is 14.1. The van der Waals surface area contributed by atoms with Crippen molar-refractivity contribution in [1.82, 2.24) is 0 Å². The molecule has 2 aliphatic rings. The molecule has 0 radical (unpaired) electrons. The normalized spacial score (nSPS) is 33.9. The fraction of sp³-hybridized carbons (Fsp3) is 1.00. The van der Waals surface area contributed by atoms with Crippen LogP contribution < -0.4 is 0 Å². The van der Waals surface area contributed by atoms with E-state index in [9.17, 15) is 0 Å². The molecule has 0 aromatic heterocycles. The third-order valence-corrected chi connectivity index (χ3v) is 9.15. The van der Waals surface area contributed by atoms with Crippen LogP contribution in [0.5, 0.6) is 0 Å². The molecule has 0 N–H and O–H groups in total. The molecule has 20 heavy (non-hydrogen) atoms. The molecule has 6 heteroatoms. The molecule has 3 atom stereocenters. The second kappa shape index (κ2) is 6.85. The average molecular weight is 304 g/mol. The highest BCUT2D eigenvalue weighted by Crippen LogP contribution is 2.44. The Morgan fingerprint density at radius 3 is 2.45 bits per heavy atom. The summed E-state index contributed by atoms with van der Waals surface area (Å²) in [6.07, 6.45) is 4.38. The lowest BCUT2D eigenvalue weighted by atomic mass is 10.0. The van der Waals surface area contributed by atoms with Crippen LogP contribution in [0.3, 0.4) is 0 Å². The lowest BCUT2D eigenvalue weighted by molar-refractivity contribution is -0.120. The van der Waals surface area contributed by atoms with Gasteiger partial charge in [0.15, 0.2) is 0 Å². The first-order chi connectivity index (χ1) is 9.68. The Hall–Kier alpha value is 0.0169. The number of epoxide rings is 1. The molecule has 2 saturated heterocycles. The van der Waals surface area contributed by atoms with Gasteiger partial charge >= 0.3 is 8.56 Å². The van der Waals surface area contributed by atoms with Crippen molar-refractivity contribution in [1.29, 1.82) is 0 Å². The van der Waals surface area contributed by atoms with Crippen LogP contribution in [-0.2, 0) is 23.1 Å². The van der Waals surface area contributed by atoms with E-state index in [0.29, 0.717) is 6.61 Å². The highest BCUT2D eigenvalue weighted by atomic mass is 28.4. The number of ether oxygens (including phenoxy) is 3. The highest BCUT2D eigenvalue weighted by Gasteiger charge is 2.63. The Balaban J connectivity index is 2.20. The summed E-state index contributed by atoms with van der Waals surface area (Å²) in [6.45, 7) is 3.59. The molecule has 2 rings (SSSR count). The van der Waals surface area contributed by atoms with Crippen LogP contribution >= 0.6 is 0 Å². The molecule has 0 aromatic carbocycles. The predicted molar refractivity (Wildman–Crippen MR) is 77.9 cm³/mol. The maximum atomic E-state index is 6.13. The van der Waals surface area contributed by atoms with Crippen molar-refractivity contribution in [3.05, 3.63) is 0 Å². The molecule has 0 aliphatic carbocycles. The second-order valence-corrected chi connectivity index (χ2v) is 9.32. The number of rotatable bonds is 8. The van der Waals surface area contributed by atoms with E-state index >= 15 is 0 Å². The summed E-state index contributed by atoms with van der Waals surface area (Å²) in [4.78, 5) is 0. The van der Waals surface area contributed by atoms with E-state index in [-0.39, 0.29) is 12.2 Å². The number of hydrogen-bond donors (Lipinski definition) is 0. The van der Waals surface area contributed by atoms with Crippen molar-refractivity contribution in [2.45, 2.75) is 56.1 Å². The maximum absolute atomic E-state index is 6.13. The van der Waals surface area contributed by atoms with Crippen LogP contribution in [0, 0.1) is 0 Å². The molecular formula is C14H28O5Si. The molecule has 0 aromatic rings. The van der Waals surface area contributed by atoms with Crippen LogP contribution in [0.2, 0.25) is 6.04 Å². The Morgan fingerprint density at radius 2 is 1.95 bits per heavy atom. The van der Waals surface area contributed by atoms with Gasteiger partial charge in [-0.15, -0.1) is 0 Å². The third-order valence-electron chi connectivity index (χ3n) is 4.75. The molecule has 3 unspecified atom stereocenters. The van der Waals surface area contributed by atoms with Crippen molar-refractivity contribution in [2.24, 2.45) is 0 Å². The van der Waals surface area contributed by atoms with Crippen LogP contribution in [-0.4, -0.2) is 60.5 Å². The smallest absolute Gasteiger partial charge is 0.373 e. The Bertz CT molecular complexity index is 306. The molecule has 5 nitrogen and oxygen atoms in total. The van der Waals surface area contributed by atoms with Crippen molar-refractivity contribution >= 4 is 8.56 Å². The molecule has 0 spiro atoms. The minimum atomic E-state index is -2.43. The van der Waals surface area contributed by atoms with E-state index in [1.54, 1.807) is 21.3 Å². The van der Waals surface area contributed by atoms with Crippen LogP contribution in [0.4, 0.5) is 0 Å². The summed E-state index contributed by atoms with van der Waals surface area (Å²) >= 11 is 0. The molecule has 2 aliphatic heterocycles. The summed E-state index contributed by atoms with van der Waals surface area (Å²) in [5.74, 6) is 0. The van der Waals surface area contributed by atoms with Gasteiger partial charge in [-0.25, -0.2) is 0 Å². The van der Waals surface area contributed by atoms with E-state index < -0.39 is 13.8 Å². The van der Waals surface area contributed by atoms with Gasteiger partial charge in [-0.2, -0.15) is 0 Å². The fourth-order valence-electron chi connectivity index (χ4n) is 3.55. The standard InChI is InChI=1S/C14H28O5Si/c1-5-13(19-11-12-10-18-12)14(15-2)8-6-7-9-20(14,16-3)17-4/h12-13H,5-11H2,1-4H3. The first-order valence-corrected chi connectivity index (χ1v) is 9.59. The fourth-order valence-corrected chi connectivity index (χ4v) is 7.60. The number of methoxy groups -OCH3 is 1. The first-order valence-electron chi connectivity index (χ1n) is 7.56. The quantitative estimate of drug-likeness (QED) is 0.507. The van der Waals surface area contributed by atoms with E-state index in [4.69, 9.17) is 23.1 Å². The largest absolute Gasteiger partial charge is 0.396 e. The topological polar surface area (TPSA) is 49.5 Å². The number of hydrogen-bond acceptors (Lipinski definition) is 5. The molecule has 2 fully saturated rings. The zero-order valence-electron chi connectivity index (χ0n) is 13.1. The van der Waals surface area contributed by atoms with Gasteiger partial charge < -0.3 is 23.1 Å². The molecule has 0 bridgehead atoms. The minimum Gasteiger partial charge on any atom is -0.396 e. The Labute approximate surface area is 123 Å². The summed E-state index contributed by atoms with van der Waals surface area (Å²) in [5, 5.41) is -0.418. The van der Waals surface area contributed by atoms with E-state index in [0.717, 1.165) is 38.3 Å². The molecular weight excluding hydrogens is 276 g/mol. The zero-order chi connectivity index (χ0) is 14.6. The predicted octanol–water partition coefficient (Wildman–Crippen LogP) is 2.02. The average Bonchev–Trinajstić information content (AvgIpc) is 3.32. The van der Waals surface area contributed by atoms with Crippen molar-refractivity contribution in [3.63, 3.8) is 0 Å². The summed E-state index contributed by atoms with van der Waals surface area (Å²) < 4.78 is 29.2. The van der Waals surface area contributed by atoms with E-state index in [1.807, 2.05) is 0 Å². The Kier molecular flexibility index (Phi) is 5.61. The monoisotopic (exact) mass is 304 g/mol. The molecule has 2 heterocycles. The van der Waals surface area contributed by atoms with Crippen molar-refractivity contribution in [2.75, 3.05) is 34.5 Å². The van der Waals surface area contributed by atoms with E-state index in [1.165, 1.54) is 0 Å². The van der Waals surface area contributed by atoms with E-state index in [2.05, 4.69) is 6.92 Å². The van der Waals surface area contributed by atoms with Gasteiger partial charge in [0.25, 0.3) is 0 Å².